The number of piperazine rings is 1. The van der Waals surface area contributed by atoms with Gasteiger partial charge in [0, 0.05) is 47.7 Å². The van der Waals surface area contributed by atoms with E-state index in [-0.39, 0.29) is 24.3 Å². The number of benzene rings is 4. The van der Waals surface area contributed by atoms with Crippen LogP contribution in [-0.2, 0) is 9.53 Å². The van der Waals surface area contributed by atoms with Gasteiger partial charge in [-0.25, -0.2) is 4.79 Å². The van der Waals surface area contributed by atoms with Gasteiger partial charge in [0.15, 0.2) is 0 Å². The molecule has 1 aliphatic heterocycles. The predicted octanol–water partition coefficient (Wildman–Crippen LogP) is 7.76. The second-order valence-electron chi connectivity index (χ2n) is 11.4. The van der Waals surface area contributed by atoms with Crippen LogP contribution in [0.3, 0.4) is 0 Å². The SMILES string of the molecule is CCOC(=O)c1[nH]c2ccc(OC)cc2c1[C@@H](SCC(=O)N1CCN(C(c2ccccc2)c2ccccc2)CC1)c1ccccc1Cl. The number of aromatic amines is 1. The summed E-state index contributed by atoms with van der Waals surface area (Å²) in [6.07, 6.45) is 0. The third kappa shape index (κ3) is 7.20. The first-order chi connectivity index (χ1) is 23.0. The number of amides is 1. The molecule has 0 saturated carbocycles. The normalized spacial score (nSPS) is 14.3. The number of fused-ring (bicyclic) bond motifs is 1. The number of nitrogens with zero attached hydrogens (tertiary/aromatic N) is 2. The molecule has 1 atom stereocenters. The highest BCUT2D eigenvalue weighted by atomic mass is 35.5. The molecule has 2 heterocycles. The van der Waals surface area contributed by atoms with Crippen molar-refractivity contribution in [3.05, 3.63) is 136 Å². The minimum absolute atomic E-state index is 0.0535. The summed E-state index contributed by atoms with van der Waals surface area (Å²) < 4.78 is 11.0. The van der Waals surface area contributed by atoms with Gasteiger partial charge in [0.1, 0.15) is 11.4 Å². The average molecular weight is 668 g/mol. The fraction of sp³-hybridized carbons (Fsp3) is 0.263. The van der Waals surface area contributed by atoms with E-state index in [0.717, 1.165) is 35.1 Å². The molecule has 1 aliphatic rings. The summed E-state index contributed by atoms with van der Waals surface area (Å²) >= 11 is 8.25. The number of methoxy groups -OCH3 is 1. The number of aromatic nitrogens is 1. The van der Waals surface area contributed by atoms with Crippen LogP contribution in [0.2, 0.25) is 5.02 Å². The first-order valence-electron chi connectivity index (χ1n) is 15.8. The van der Waals surface area contributed by atoms with Crippen LogP contribution < -0.4 is 4.74 Å². The van der Waals surface area contributed by atoms with Crippen LogP contribution in [-0.4, -0.2) is 72.3 Å². The number of esters is 1. The fourth-order valence-electron chi connectivity index (χ4n) is 6.33. The van der Waals surface area contributed by atoms with Crippen molar-refractivity contribution < 1.29 is 19.1 Å². The zero-order valence-electron chi connectivity index (χ0n) is 26.5. The monoisotopic (exact) mass is 667 g/mol. The second kappa shape index (κ2) is 15.1. The third-order valence-electron chi connectivity index (χ3n) is 8.61. The number of hydrogen-bond acceptors (Lipinski definition) is 6. The zero-order chi connectivity index (χ0) is 32.8. The second-order valence-corrected chi connectivity index (χ2v) is 12.9. The van der Waals surface area contributed by atoms with E-state index in [2.05, 4.69) is 58.4 Å². The van der Waals surface area contributed by atoms with Crippen LogP contribution in [0, 0.1) is 0 Å². The summed E-state index contributed by atoms with van der Waals surface area (Å²) in [6.45, 7) is 4.79. The largest absolute Gasteiger partial charge is 0.497 e. The van der Waals surface area contributed by atoms with Crippen molar-refractivity contribution in [2.45, 2.75) is 18.2 Å². The lowest BCUT2D eigenvalue weighted by atomic mass is 9.96. The number of ether oxygens (including phenoxy) is 2. The molecular formula is C38H38ClN3O4S. The molecule has 1 saturated heterocycles. The first-order valence-corrected chi connectivity index (χ1v) is 17.3. The lowest BCUT2D eigenvalue weighted by Crippen LogP contribution is -2.50. The van der Waals surface area contributed by atoms with Gasteiger partial charge in [0.05, 0.1) is 30.8 Å². The van der Waals surface area contributed by atoms with E-state index in [1.54, 1.807) is 14.0 Å². The lowest BCUT2D eigenvalue weighted by Gasteiger charge is -2.40. The molecular weight excluding hydrogens is 630 g/mol. The Bertz CT molecular complexity index is 1780. The molecule has 1 amide bonds. The van der Waals surface area contributed by atoms with Crippen molar-refractivity contribution in [2.24, 2.45) is 0 Å². The van der Waals surface area contributed by atoms with E-state index in [1.807, 2.05) is 59.5 Å². The smallest absolute Gasteiger partial charge is 0.355 e. The number of nitrogens with one attached hydrogen (secondary N) is 1. The fourth-order valence-corrected chi connectivity index (χ4v) is 7.93. The van der Waals surface area contributed by atoms with Crippen LogP contribution in [0.4, 0.5) is 0 Å². The number of carbonyl (C=O) groups excluding carboxylic acids is 2. The van der Waals surface area contributed by atoms with Gasteiger partial charge in [-0.05, 0) is 47.9 Å². The summed E-state index contributed by atoms with van der Waals surface area (Å²) in [5.74, 6) is 0.478. The van der Waals surface area contributed by atoms with Gasteiger partial charge in [0.25, 0.3) is 0 Å². The Morgan fingerprint density at radius 3 is 2.13 bits per heavy atom. The quantitative estimate of drug-likeness (QED) is 0.145. The number of rotatable bonds is 11. The molecule has 5 aromatic rings. The van der Waals surface area contributed by atoms with Gasteiger partial charge in [-0.3, -0.25) is 9.69 Å². The van der Waals surface area contributed by atoms with Crippen molar-refractivity contribution in [1.29, 1.82) is 0 Å². The van der Waals surface area contributed by atoms with Crippen molar-refractivity contribution >= 4 is 46.1 Å². The van der Waals surface area contributed by atoms with E-state index in [4.69, 9.17) is 21.1 Å². The van der Waals surface area contributed by atoms with Gasteiger partial charge in [-0.15, -0.1) is 11.8 Å². The van der Waals surface area contributed by atoms with Gasteiger partial charge in [0.2, 0.25) is 5.91 Å². The molecule has 0 spiro atoms. The summed E-state index contributed by atoms with van der Waals surface area (Å²) in [5.41, 5.74) is 5.15. The highest BCUT2D eigenvalue weighted by Gasteiger charge is 2.32. The van der Waals surface area contributed by atoms with Crippen LogP contribution in [0.25, 0.3) is 10.9 Å². The van der Waals surface area contributed by atoms with E-state index in [0.29, 0.717) is 29.6 Å². The Hall–Kier alpha value is -4.24. The maximum absolute atomic E-state index is 13.8. The molecule has 1 fully saturated rings. The van der Waals surface area contributed by atoms with Crippen molar-refractivity contribution in [3.8, 4) is 5.75 Å². The van der Waals surface area contributed by atoms with E-state index in [9.17, 15) is 9.59 Å². The highest BCUT2D eigenvalue weighted by Crippen LogP contribution is 2.45. The molecule has 242 valence electrons. The Labute approximate surface area is 284 Å². The molecule has 9 heteroatoms. The van der Waals surface area contributed by atoms with Crippen LogP contribution in [0.1, 0.15) is 51.0 Å². The molecule has 4 aromatic carbocycles. The molecule has 0 bridgehead atoms. The van der Waals surface area contributed by atoms with Gasteiger partial charge >= 0.3 is 5.97 Å². The topological polar surface area (TPSA) is 74.9 Å². The minimum Gasteiger partial charge on any atom is -0.497 e. The van der Waals surface area contributed by atoms with E-state index < -0.39 is 11.2 Å². The molecule has 6 rings (SSSR count). The molecule has 1 aromatic heterocycles. The lowest BCUT2D eigenvalue weighted by molar-refractivity contribution is -0.130. The highest BCUT2D eigenvalue weighted by molar-refractivity contribution is 8.00. The van der Waals surface area contributed by atoms with Gasteiger partial charge in [-0.2, -0.15) is 0 Å². The van der Waals surface area contributed by atoms with Crippen LogP contribution in [0.5, 0.6) is 5.75 Å². The number of thioether (sulfide) groups is 1. The predicted molar refractivity (Wildman–Crippen MR) is 189 cm³/mol. The Balaban J connectivity index is 1.25. The molecule has 7 nitrogen and oxygen atoms in total. The van der Waals surface area contributed by atoms with E-state index in [1.165, 1.54) is 22.9 Å². The average Bonchev–Trinajstić information content (AvgIpc) is 3.49. The molecule has 1 N–H and O–H groups in total. The Morgan fingerprint density at radius 2 is 1.51 bits per heavy atom. The number of halogens is 1. The summed E-state index contributed by atoms with van der Waals surface area (Å²) in [7, 11) is 1.61. The number of hydrogen-bond donors (Lipinski definition) is 1. The standard InChI is InChI=1S/C38H38ClN3O4S/c1-3-46-38(44)35-34(30-24-28(45-2)18-19-32(30)40-35)37(29-16-10-11-17-31(29)39)47-25-33(43)41-20-22-42(23-21-41)36(26-12-6-4-7-13-26)27-14-8-5-9-15-27/h4-19,24,36-37,40H,3,20-23,25H2,1-2H3/t37-/m0/s1. The Morgan fingerprint density at radius 1 is 0.872 bits per heavy atom. The summed E-state index contributed by atoms with van der Waals surface area (Å²) in [6, 6.07) is 34.4. The molecule has 0 aliphatic carbocycles. The maximum Gasteiger partial charge on any atom is 0.355 e. The van der Waals surface area contributed by atoms with Gasteiger partial charge in [-0.1, -0.05) is 90.5 Å². The number of carbonyl (C=O) groups is 2. The maximum atomic E-state index is 13.8. The van der Waals surface area contributed by atoms with Crippen LogP contribution in [0.15, 0.2) is 103 Å². The van der Waals surface area contributed by atoms with Gasteiger partial charge < -0.3 is 19.4 Å². The van der Waals surface area contributed by atoms with E-state index >= 15 is 0 Å². The first kappa shape index (κ1) is 32.7. The van der Waals surface area contributed by atoms with Crippen molar-refractivity contribution in [3.63, 3.8) is 0 Å². The minimum atomic E-state index is -0.454. The molecule has 0 radical (unpaired) electrons. The van der Waals surface area contributed by atoms with Crippen LogP contribution >= 0.6 is 23.4 Å². The number of H-pyrrole nitrogens is 1. The zero-order valence-corrected chi connectivity index (χ0v) is 28.1. The Kier molecular flexibility index (Phi) is 10.5. The molecule has 47 heavy (non-hydrogen) atoms. The van der Waals surface area contributed by atoms with Crippen molar-refractivity contribution in [1.82, 2.24) is 14.8 Å². The third-order valence-corrected chi connectivity index (χ3v) is 10.2. The summed E-state index contributed by atoms with van der Waals surface area (Å²) in [4.78, 5) is 34.8. The molecule has 0 unspecified atom stereocenters. The van der Waals surface area contributed by atoms with Crippen molar-refractivity contribution in [2.75, 3.05) is 45.6 Å². The summed E-state index contributed by atoms with van der Waals surface area (Å²) in [5, 5.41) is 0.958.